The lowest BCUT2D eigenvalue weighted by atomic mass is 10.0. The summed E-state index contributed by atoms with van der Waals surface area (Å²) in [6.07, 6.45) is 5.32. The molecule has 1 atom stereocenters. The molecular formula is C21H21N3O5S. The highest BCUT2D eigenvalue weighted by Crippen LogP contribution is 2.34. The summed E-state index contributed by atoms with van der Waals surface area (Å²) in [6.45, 7) is 0.396. The Hall–Kier alpha value is -3.20. The van der Waals surface area contributed by atoms with Crippen molar-refractivity contribution in [3.05, 3.63) is 44.4 Å². The van der Waals surface area contributed by atoms with E-state index < -0.39 is 12.0 Å². The number of aromatic hydroxyl groups is 1. The van der Waals surface area contributed by atoms with Crippen molar-refractivity contribution in [1.82, 2.24) is 9.47 Å². The van der Waals surface area contributed by atoms with Gasteiger partial charge in [0.2, 0.25) is 11.8 Å². The predicted molar refractivity (Wildman–Crippen MR) is 114 cm³/mol. The molecule has 30 heavy (non-hydrogen) atoms. The van der Waals surface area contributed by atoms with Crippen LogP contribution in [0.25, 0.3) is 11.6 Å². The number of rotatable bonds is 5. The average Bonchev–Trinajstić information content (AvgIpc) is 3.27. The highest BCUT2D eigenvalue weighted by atomic mass is 32.1. The first-order valence-corrected chi connectivity index (χ1v) is 10.6. The quantitative estimate of drug-likeness (QED) is 0.762. The number of aliphatic imine (C=N–C) groups is 1. The molecule has 0 aliphatic carbocycles. The van der Waals surface area contributed by atoms with Gasteiger partial charge in [-0.15, -0.1) is 0 Å². The predicted octanol–water partition coefficient (Wildman–Crippen LogP) is 2.73. The molecule has 1 aromatic carbocycles. The van der Waals surface area contributed by atoms with Gasteiger partial charge in [-0.1, -0.05) is 29.5 Å². The molecule has 2 aromatic rings. The summed E-state index contributed by atoms with van der Waals surface area (Å²) in [4.78, 5) is 42.1. The Morgan fingerprint density at radius 2 is 2.07 bits per heavy atom. The van der Waals surface area contributed by atoms with Crippen molar-refractivity contribution < 1.29 is 19.8 Å². The third kappa shape index (κ3) is 3.80. The van der Waals surface area contributed by atoms with Crippen molar-refractivity contribution >= 4 is 46.8 Å². The molecule has 0 spiro atoms. The van der Waals surface area contributed by atoms with E-state index in [2.05, 4.69) is 4.99 Å². The van der Waals surface area contributed by atoms with E-state index in [-0.39, 0.29) is 29.6 Å². The Balaban J connectivity index is 1.50. The standard InChI is InChI=1S/C21H21N3O5S/c25-18(23-9-4-3-7-16(23)20(27)28)8-10-24-19(26)17(30-21(24)29)11-13-12-22-15-6-2-1-5-14(13)15/h1-2,5-6,11-12,16,26H,3-4,7-10H2,(H,27,28). The van der Waals surface area contributed by atoms with Gasteiger partial charge in [0.15, 0.2) is 0 Å². The van der Waals surface area contributed by atoms with Gasteiger partial charge in [0.1, 0.15) is 6.04 Å². The van der Waals surface area contributed by atoms with Crippen molar-refractivity contribution in [2.45, 2.75) is 38.3 Å². The maximum atomic E-state index is 12.6. The molecule has 1 aromatic heterocycles. The highest BCUT2D eigenvalue weighted by molar-refractivity contribution is 7.10. The fourth-order valence-corrected chi connectivity index (χ4v) is 4.70. The topological polar surface area (TPSA) is 112 Å². The van der Waals surface area contributed by atoms with Gasteiger partial charge in [-0.25, -0.2) is 4.79 Å². The number of allylic oxidation sites excluding steroid dienone is 1. The third-order valence-electron chi connectivity index (χ3n) is 5.40. The van der Waals surface area contributed by atoms with Crippen LogP contribution in [0.5, 0.6) is 5.88 Å². The maximum Gasteiger partial charge on any atom is 0.326 e. The molecule has 0 saturated carbocycles. The second-order valence-electron chi connectivity index (χ2n) is 7.27. The number of carbonyl (C=O) groups excluding carboxylic acids is 1. The monoisotopic (exact) mass is 427 g/mol. The van der Waals surface area contributed by atoms with Gasteiger partial charge in [-0.05, 0) is 31.4 Å². The number of likely N-dealkylation sites (tertiary alicyclic amines) is 1. The summed E-state index contributed by atoms with van der Waals surface area (Å²) >= 11 is 0.896. The Morgan fingerprint density at radius 1 is 1.27 bits per heavy atom. The summed E-state index contributed by atoms with van der Waals surface area (Å²) in [5.41, 5.74) is 2.54. The van der Waals surface area contributed by atoms with E-state index in [1.54, 1.807) is 12.3 Å². The van der Waals surface area contributed by atoms with Crippen molar-refractivity contribution in [2.24, 2.45) is 4.99 Å². The van der Waals surface area contributed by atoms with Gasteiger partial charge >= 0.3 is 10.8 Å². The molecule has 9 heteroatoms. The number of carboxylic acid groups (broad SMARTS) is 1. The number of fused-ring (bicyclic) bond motifs is 1. The molecule has 1 amide bonds. The number of para-hydroxylation sites is 1. The number of nitrogens with zero attached hydrogens (tertiary/aromatic N) is 3. The van der Waals surface area contributed by atoms with Gasteiger partial charge in [0.05, 0.1) is 10.6 Å². The zero-order valence-electron chi connectivity index (χ0n) is 16.2. The van der Waals surface area contributed by atoms with Crippen LogP contribution in [0, 0.1) is 0 Å². The van der Waals surface area contributed by atoms with Gasteiger partial charge in [-0.3, -0.25) is 19.1 Å². The van der Waals surface area contributed by atoms with E-state index in [1.807, 2.05) is 24.3 Å². The number of carbonyl (C=O) groups is 2. The Morgan fingerprint density at radius 3 is 2.87 bits per heavy atom. The second kappa shape index (κ2) is 8.27. The number of carboxylic acids is 1. The summed E-state index contributed by atoms with van der Waals surface area (Å²) in [5, 5.41) is 19.9. The smallest absolute Gasteiger partial charge is 0.326 e. The number of piperidine rings is 1. The normalized spacial score (nSPS) is 19.3. The number of aliphatic carboxylic acids is 1. The minimum absolute atomic E-state index is 0.00329. The summed E-state index contributed by atoms with van der Waals surface area (Å²) in [7, 11) is 0. The molecule has 3 heterocycles. The zero-order chi connectivity index (χ0) is 21.3. The summed E-state index contributed by atoms with van der Waals surface area (Å²) in [6, 6.07) is 6.77. The molecule has 1 fully saturated rings. The molecule has 1 saturated heterocycles. The van der Waals surface area contributed by atoms with Gasteiger partial charge in [0, 0.05) is 36.9 Å². The molecule has 4 rings (SSSR count). The van der Waals surface area contributed by atoms with E-state index in [0.717, 1.165) is 45.6 Å². The molecule has 2 aliphatic rings. The largest absolute Gasteiger partial charge is 0.493 e. The van der Waals surface area contributed by atoms with Crippen LogP contribution >= 0.6 is 11.3 Å². The van der Waals surface area contributed by atoms with E-state index in [0.29, 0.717) is 17.8 Å². The van der Waals surface area contributed by atoms with Crippen LogP contribution in [0.3, 0.4) is 0 Å². The average molecular weight is 427 g/mol. The third-order valence-corrected chi connectivity index (χ3v) is 6.31. The minimum atomic E-state index is -1.01. The number of benzene rings is 1. The molecule has 2 aliphatic heterocycles. The van der Waals surface area contributed by atoms with Gasteiger partial charge in [-0.2, -0.15) is 0 Å². The van der Waals surface area contributed by atoms with Crippen LogP contribution in [0.1, 0.15) is 36.1 Å². The lowest BCUT2D eigenvalue weighted by molar-refractivity contribution is -0.152. The second-order valence-corrected chi connectivity index (χ2v) is 8.26. The molecule has 1 unspecified atom stereocenters. The Kier molecular flexibility index (Phi) is 5.54. The highest BCUT2D eigenvalue weighted by Gasteiger charge is 2.31. The van der Waals surface area contributed by atoms with E-state index in [1.165, 1.54) is 4.90 Å². The van der Waals surface area contributed by atoms with Gasteiger partial charge < -0.3 is 15.1 Å². The van der Waals surface area contributed by atoms with Crippen LogP contribution in [-0.2, 0) is 16.1 Å². The number of hydrogen-bond donors (Lipinski definition) is 2. The zero-order valence-corrected chi connectivity index (χ0v) is 17.0. The van der Waals surface area contributed by atoms with Crippen molar-refractivity contribution in [3.63, 3.8) is 0 Å². The van der Waals surface area contributed by atoms with Crippen molar-refractivity contribution in [2.75, 3.05) is 6.54 Å². The first-order chi connectivity index (χ1) is 14.5. The molecule has 8 nitrogen and oxygen atoms in total. The van der Waals surface area contributed by atoms with E-state index >= 15 is 0 Å². The minimum Gasteiger partial charge on any atom is -0.493 e. The number of aromatic nitrogens is 1. The molecular weight excluding hydrogens is 406 g/mol. The molecule has 156 valence electrons. The molecule has 0 bridgehead atoms. The number of thiazole rings is 1. The van der Waals surface area contributed by atoms with Crippen LogP contribution in [0.4, 0.5) is 5.69 Å². The fourth-order valence-electron chi connectivity index (χ4n) is 3.84. The molecule has 0 radical (unpaired) electrons. The first-order valence-electron chi connectivity index (χ1n) is 9.75. The SMILES string of the molecule is O=C(O)C1CCCCN1C(=O)CCn1c(O)c(C=C2C=Nc3ccccc32)sc1=O. The first kappa shape index (κ1) is 20.1. The lowest BCUT2D eigenvalue weighted by Crippen LogP contribution is -2.48. The molecule has 2 N–H and O–H groups in total. The van der Waals surface area contributed by atoms with Crippen LogP contribution in [0.2, 0.25) is 0 Å². The van der Waals surface area contributed by atoms with Crippen LogP contribution in [0.15, 0.2) is 34.1 Å². The van der Waals surface area contributed by atoms with Crippen LogP contribution in [-0.4, -0.2) is 50.4 Å². The van der Waals surface area contributed by atoms with E-state index in [9.17, 15) is 24.6 Å². The Bertz CT molecular complexity index is 1110. The van der Waals surface area contributed by atoms with Gasteiger partial charge in [0.25, 0.3) is 0 Å². The maximum absolute atomic E-state index is 12.6. The summed E-state index contributed by atoms with van der Waals surface area (Å²) < 4.78 is 1.16. The number of hydrogen-bond acceptors (Lipinski definition) is 6. The number of amides is 1. The Labute approximate surface area is 176 Å². The fraction of sp³-hybridized carbons (Fsp3) is 0.333. The summed E-state index contributed by atoms with van der Waals surface area (Å²) in [5.74, 6) is -1.53. The van der Waals surface area contributed by atoms with Crippen molar-refractivity contribution in [1.29, 1.82) is 0 Å². The van der Waals surface area contributed by atoms with Crippen molar-refractivity contribution in [3.8, 4) is 5.88 Å². The van der Waals surface area contributed by atoms with Crippen LogP contribution < -0.4 is 4.87 Å². The van der Waals surface area contributed by atoms with E-state index in [4.69, 9.17) is 0 Å². The lowest BCUT2D eigenvalue weighted by Gasteiger charge is -2.33.